The maximum Gasteiger partial charge on any atom is 0.311 e. The molecule has 0 amide bonds. The molecule has 4 nitrogen and oxygen atoms in total. The molecule has 0 aliphatic carbocycles. The highest BCUT2D eigenvalue weighted by Gasteiger charge is 2.25. The van der Waals surface area contributed by atoms with Crippen molar-refractivity contribution in [1.29, 1.82) is 0 Å². The highest BCUT2D eigenvalue weighted by Crippen LogP contribution is 2.33. The van der Waals surface area contributed by atoms with Gasteiger partial charge in [0.1, 0.15) is 11.5 Å². The molecule has 5 heteroatoms. The van der Waals surface area contributed by atoms with Crippen LogP contribution in [0, 0.1) is 0 Å². The number of aliphatic carboxylic acids is 1. The van der Waals surface area contributed by atoms with E-state index in [2.05, 4.69) is 0 Å². The number of carbonyl (C=O) groups is 1. The maximum absolute atomic E-state index is 11.6. The lowest BCUT2D eigenvalue weighted by atomic mass is 9.91. The second kappa shape index (κ2) is 6.50. The standard InChI is InChI=1S/C16H15ClO4/c1-21-15-7-6-11(17)9-12(15)13(16(19)20)8-10-4-2-3-5-14(10)18/h2-7,9,13,18H,8H2,1H3,(H,19,20). The van der Waals surface area contributed by atoms with E-state index in [0.717, 1.165) is 0 Å². The third-order valence-corrected chi connectivity index (χ3v) is 3.52. The number of phenols is 1. The van der Waals surface area contributed by atoms with Crippen molar-refractivity contribution in [2.75, 3.05) is 7.11 Å². The molecule has 0 fully saturated rings. The topological polar surface area (TPSA) is 66.8 Å². The second-order valence-corrected chi connectivity index (χ2v) is 5.05. The number of para-hydroxylation sites is 1. The zero-order chi connectivity index (χ0) is 15.4. The minimum Gasteiger partial charge on any atom is -0.508 e. The summed E-state index contributed by atoms with van der Waals surface area (Å²) in [5.74, 6) is -1.32. The molecule has 0 aliphatic heterocycles. The molecule has 2 rings (SSSR count). The van der Waals surface area contributed by atoms with Crippen molar-refractivity contribution in [3.8, 4) is 11.5 Å². The molecule has 2 aromatic carbocycles. The summed E-state index contributed by atoms with van der Waals surface area (Å²) in [5, 5.41) is 19.8. The second-order valence-electron chi connectivity index (χ2n) is 4.61. The summed E-state index contributed by atoms with van der Waals surface area (Å²) < 4.78 is 5.21. The van der Waals surface area contributed by atoms with Crippen LogP contribution >= 0.6 is 11.6 Å². The van der Waals surface area contributed by atoms with Gasteiger partial charge in [0.2, 0.25) is 0 Å². The number of rotatable bonds is 5. The Kier molecular flexibility index (Phi) is 4.70. The van der Waals surface area contributed by atoms with E-state index in [4.69, 9.17) is 16.3 Å². The Bertz CT molecular complexity index is 654. The number of hydrogen-bond donors (Lipinski definition) is 2. The Morgan fingerprint density at radius 1 is 1.29 bits per heavy atom. The van der Waals surface area contributed by atoms with Gasteiger partial charge in [0.25, 0.3) is 0 Å². The van der Waals surface area contributed by atoms with Gasteiger partial charge >= 0.3 is 5.97 Å². The van der Waals surface area contributed by atoms with Crippen molar-refractivity contribution in [3.05, 3.63) is 58.6 Å². The molecular formula is C16H15ClO4. The monoisotopic (exact) mass is 306 g/mol. The van der Waals surface area contributed by atoms with Gasteiger partial charge in [0.05, 0.1) is 13.0 Å². The number of hydrogen-bond acceptors (Lipinski definition) is 3. The first-order valence-corrected chi connectivity index (χ1v) is 6.74. The van der Waals surface area contributed by atoms with Crippen LogP contribution in [0.5, 0.6) is 11.5 Å². The van der Waals surface area contributed by atoms with Gasteiger partial charge in [-0.15, -0.1) is 0 Å². The van der Waals surface area contributed by atoms with Gasteiger partial charge in [-0.3, -0.25) is 4.79 Å². The molecule has 0 bridgehead atoms. The summed E-state index contributed by atoms with van der Waals surface area (Å²) >= 11 is 5.96. The highest BCUT2D eigenvalue weighted by molar-refractivity contribution is 6.30. The summed E-state index contributed by atoms with van der Waals surface area (Å²) in [7, 11) is 1.48. The molecule has 2 N–H and O–H groups in total. The summed E-state index contributed by atoms with van der Waals surface area (Å²) in [5.41, 5.74) is 1.05. The fraction of sp³-hybridized carbons (Fsp3) is 0.188. The number of phenolic OH excluding ortho intramolecular Hbond substituents is 1. The molecule has 21 heavy (non-hydrogen) atoms. The minimum atomic E-state index is -1.00. The Labute approximate surface area is 127 Å². The SMILES string of the molecule is COc1ccc(Cl)cc1C(Cc1ccccc1O)C(=O)O. The number of ether oxygens (including phenoxy) is 1. The van der Waals surface area contributed by atoms with Crippen LogP contribution in [0.2, 0.25) is 5.02 Å². The van der Waals surface area contributed by atoms with Crippen LogP contribution in [0.25, 0.3) is 0 Å². The first-order valence-electron chi connectivity index (χ1n) is 6.36. The van der Waals surface area contributed by atoms with Crippen LogP contribution in [0.15, 0.2) is 42.5 Å². The number of methoxy groups -OCH3 is 1. The van der Waals surface area contributed by atoms with Crippen molar-refractivity contribution in [2.24, 2.45) is 0 Å². The average molecular weight is 307 g/mol. The highest BCUT2D eigenvalue weighted by atomic mass is 35.5. The first kappa shape index (κ1) is 15.2. The molecular weight excluding hydrogens is 292 g/mol. The van der Waals surface area contributed by atoms with E-state index >= 15 is 0 Å². The van der Waals surface area contributed by atoms with Gasteiger partial charge in [-0.05, 0) is 36.2 Å². The Hall–Kier alpha value is -2.20. The van der Waals surface area contributed by atoms with Gasteiger partial charge in [0.15, 0.2) is 0 Å². The van der Waals surface area contributed by atoms with Crippen LogP contribution in [0.3, 0.4) is 0 Å². The quantitative estimate of drug-likeness (QED) is 0.887. The number of aromatic hydroxyl groups is 1. The molecule has 0 spiro atoms. The van der Waals surface area contributed by atoms with E-state index in [9.17, 15) is 15.0 Å². The fourth-order valence-electron chi connectivity index (χ4n) is 2.21. The zero-order valence-corrected chi connectivity index (χ0v) is 12.2. The van der Waals surface area contributed by atoms with Crippen LogP contribution < -0.4 is 4.74 Å². The molecule has 0 radical (unpaired) electrons. The van der Waals surface area contributed by atoms with E-state index in [1.54, 1.807) is 36.4 Å². The lowest BCUT2D eigenvalue weighted by Crippen LogP contribution is -2.15. The minimum absolute atomic E-state index is 0.0738. The smallest absolute Gasteiger partial charge is 0.311 e. The molecule has 0 saturated heterocycles. The zero-order valence-electron chi connectivity index (χ0n) is 11.4. The van der Waals surface area contributed by atoms with Gasteiger partial charge in [-0.2, -0.15) is 0 Å². The Morgan fingerprint density at radius 3 is 2.62 bits per heavy atom. The molecule has 1 atom stereocenters. The summed E-state index contributed by atoms with van der Waals surface area (Å²) in [6.07, 6.45) is 0.151. The van der Waals surface area contributed by atoms with Crippen LogP contribution in [0.4, 0.5) is 0 Å². The summed E-state index contributed by atoms with van der Waals surface area (Å²) in [6, 6.07) is 11.5. The number of carboxylic acid groups (broad SMARTS) is 1. The van der Waals surface area contributed by atoms with E-state index < -0.39 is 11.9 Å². The lowest BCUT2D eigenvalue weighted by molar-refractivity contribution is -0.138. The molecule has 0 aromatic heterocycles. The Morgan fingerprint density at radius 2 is 2.00 bits per heavy atom. The third kappa shape index (κ3) is 3.47. The predicted molar refractivity (Wildman–Crippen MR) is 80.2 cm³/mol. The van der Waals surface area contributed by atoms with Gasteiger partial charge in [0, 0.05) is 10.6 Å². The van der Waals surface area contributed by atoms with Gasteiger partial charge in [-0.1, -0.05) is 29.8 Å². The van der Waals surface area contributed by atoms with E-state index in [1.807, 2.05) is 0 Å². The molecule has 1 unspecified atom stereocenters. The largest absolute Gasteiger partial charge is 0.508 e. The van der Waals surface area contributed by atoms with E-state index in [1.165, 1.54) is 13.2 Å². The molecule has 2 aromatic rings. The van der Waals surface area contributed by atoms with Gasteiger partial charge < -0.3 is 14.9 Å². The number of carboxylic acids is 1. The number of benzene rings is 2. The van der Waals surface area contributed by atoms with E-state index in [0.29, 0.717) is 21.9 Å². The Balaban J connectivity index is 2.43. The van der Waals surface area contributed by atoms with Crippen LogP contribution in [-0.4, -0.2) is 23.3 Å². The van der Waals surface area contributed by atoms with Crippen molar-refractivity contribution in [1.82, 2.24) is 0 Å². The fourth-order valence-corrected chi connectivity index (χ4v) is 2.39. The van der Waals surface area contributed by atoms with Crippen molar-refractivity contribution in [3.63, 3.8) is 0 Å². The molecule has 0 saturated carbocycles. The molecule has 0 heterocycles. The first-order chi connectivity index (χ1) is 10.0. The van der Waals surface area contributed by atoms with Crippen LogP contribution in [-0.2, 0) is 11.2 Å². The lowest BCUT2D eigenvalue weighted by Gasteiger charge is -2.17. The van der Waals surface area contributed by atoms with Crippen molar-refractivity contribution in [2.45, 2.75) is 12.3 Å². The third-order valence-electron chi connectivity index (χ3n) is 3.28. The van der Waals surface area contributed by atoms with Crippen molar-refractivity contribution < 1.29 is 19.7 Å². The normalized spacial score (nSPS) is 11.9. The van der Waals surface area contributed by atoms with Gasteiger partial charge in [-0.25, -0.2) is 0 Å². The molecule has 110 valence electrons. The van der Waals surface area contributed by atoms with E-state index in [-0.39, 0.29) is 12.2 Å². The summed E-state index contributed by atoms with van der Waals surface area (Å²) in [4.78, 5) is 11.6. The maximum atomic E-state index is 11.6. The van der Waals surface area contributed by atoms with Crippen molar-refractivity contribution >= 4 is 17.6 Å². The summed E-state index contributed by atoms with van der Waals surface area (Å²) in [6.45, 7) is 0. The predicted octanol–water partition coefficient (Wildman–Crippen LogP) is 3.47. The molecule has 0 aliphatic rings. The number of halogens is 1. The average Bonchev–Trinajstić information content (AvgIpc) is 2.46. The van der Waals surface area contributed by atoms with Crippen LogP contribution in [0.1, 0.15) is 17.0 Å².